The molecule has 35 heavy (non-hydrogen) atoms. The lowest BCUT2D eigenvalue weighted by molar-refractivity contribution is -0.123. The van der Waals surface area contributed by atoms with Crippen molar-refractivity contribution in [1.29, 1.82) is 0 Å². The van der Waals surface area contributed by atoms with Gasteiger partial charge in [0.15, 0.2) is 5.11 Å². The average molecular weight is 555 g/mol. The van der Waals surface area contributed by atoms with E-state index < -0.39 is 11.3 Å². The van der Waals surface area contributed by atoms with E-state index in [9.17, 15) is 9.59 Å². The molecule has 0 saturated heterocycles. The van der Waals surface area contributed by atoms with Crippen LogP contribution < -0.4 is 20.7 Å². The van der Waals surface area contributed by atoms with Crippen molar-refractivity contribution in [2.75, 3.05) is 17.2 Å². The van der Waals surface area contributed by atoms with Gasteiger partial charge in [-0.3, -0.25) is 14.9 Å². The summed E-state index contributed by atoms with van der Waals surface area (Å²) in [6, 6.07) is 22.4. The number of hydrogen-bond donors (Lipinski definition) is 3. The molecular formula is C27H28BrN3O3S. The van der Waals surface area contributed by atoms with E-state index in [0.29, 0.717) is 29.3 Å². The summed E-state index contributed by atoms with van der Waals surface area (Å²) in [5.74, 6) is -0.0213. The van der Waals surface area contributed by atoms with Crippen molar-refractivity contribution in [2.24, 2.45) is 5.41 Å². The summed E-state index contributed by atoms with van der Waals surface area (Å²) >= 11 is 8.76. The second-order valence-electron chi connectivity index (χ2n) is 8.92. The number of hydrogen-bond acceptors (Lipinski definition) is 4. The highest BCUT2D eigenvalue weighted by Gasteiger charge is 2.21. The van der Waals surface area contributed by atoms with Crippen LogP contribution in [0.1, 0.15) is 36.7 Å². The summed E-state index contributed by atoms with van der Waals surface area (Å²) < 4.78 is 6.66. The molecule has 2 amide bonds. The molecule has 0 radical (unpaired) electrons. The molecule has 3 N–H and O–H groups in total. The van der Waals surface area contributed by atoms with Crippen molar-refractivity contribution in [3.8, 4) is 5.75 Å². The number of carbonyl (C=O) groups excluding carboxylic acids is 2. The topological polar surface area (TPSA) is 79.5 Å². The summed E-state index contributed by atoms with van der Waals surface area (Å²) in [7, 11) is 0. The first-order valence-electron chi connectivity index (χ1n) is 11.1. The summed E-state index contributed by atoms with van der Waals surface area (Å²) in [4.78, 5) is 25.2. The molecule has 3 aromatic rings. The molecule has 0 heterocycles. The lowest BCUT2D eigenvalue weighted by Crippen LogP contribution is -2.34. The highest BCUT2D eigenvalue weighted by molar-refractivity contribution is 9.10. The smallest absolute Gasteiger partial charge is 0.261 e. The highest BCUT2D eigenvalue weighted by Crippen LogP contribution is 2.24. The molecule has 182 valence electrons. The zero-order valence-corrected chi connectivity index (χ0v) is 22.3. The van der Waals surface area contributed by atoms with E-state index in [1.165, 1.54) is 0 Å². The van der Waals surface area contributed by atoms with Crippen LogP contribution in [0.25, 0.3) is 0 Å². The van der Waals surface area contributed by atoms with E-state index in [1.54, 1.807) is 36.4 Å². The Morgan fingerprint density at radius 3 is 2.29 bits per heavy atom. The van der Waals surface area contributed by atoms with Crippen LogP contribution in [-0.4, -0.2) is 23.5 Å². The van der Waals surface area contributed by atoms with E-state index in [-0.39, 0.29) is 11.0 Å². The Balaban J connectivity index is 1.62. The monoisotopic (exact) mass is 553 g/mol. The molecule has 0 bridgehead atoms. The molecule has 0 unspecified atom stereocenters. The SMILES string of the molecule is CC(C)(C)C(=O)Nc1cccc(NC(=S)NC(=O)c2cc(Br)ccc2OCCc2ccccc2)c1. The zero-order chi connectivity index (χ0) is 25.4. The van der Waals surface area contributed by atoms with Gasteiger partial charge in [0.05, 0.1) is 12.2 Å². The second kappa shape index (κ2) is 12.0. The first kappa shape index (κ1) is 26.4. The molecule has 0 fully saturated rings. The van der Waals surface area contributed by atoms with Crippen LogP contribution in [0.4, 0.5) is 11.4 Å². The van der Waals surface area contributed by atoms with Crippen molar-refractivity contribution in [3.63, 3.8) is 0 Å². The van der Waals surface area contributed by atoms with Crippen LogP contribution in [0, 0.1) is 5.41 Å². The number of rotatable bonds is 7. The Morgan fingerprint density at radius 2 is 1.60 bits per heavy atom. The Labute approximate surface area is 219 Å². The fraction of sp³-hybridized carbons (Fsp3) is 0.222. The Bertz CT molecular complexity index is 1210. The second-order valence-corrected chi connectivity index (χ2v) is 10.2. The number of benzene rings is 3. The standard InChI is InChI=1S/C27H28BrN3O3S/c1-27(2,3)25(33)29-20-10-7-11-21(17-20)30-26(35)31-24(32)22-16-19(28)12-13-23(22)34-15-14-18-8-5-4-6-9-18/h4-13,16-17H,14-15H2,1-3H3,(H,29,33)(H2,30,31,32,35). The maximum absolute atomic E-state index is 13.0. The van der Waals surface area contributed by atoms with E-state index in [1.807, 2.05) is 57.2 Å². The molecule has 0 aliphatic carbocycles. The molecule has 0 aromatic heterocycles. The molecule has 3 aromatic carbocycles. The largest absolute Gasteiger partial charge is 0.492 e. The summed E-state index contributed by atoms with van der Waals surface area (Å²) in [6.45, 7) is 5.96. The molecule has 0 atom stereocenters. The predicted octanol–water partition coefficient (Wildman–Crippen LogP) is 6.18. The van der Waals surface area contributed by atoms with Gasteiger partial charge in [0.2, 0.25) is 5.91 Å². The number of thiocarbonyl (C=S) groups is 1. The molecule has 6 nitrogen and oxygen atoms in total. The number of carbonyl (C=O) groups is 2. The highest BCUT2D eigenvalue weighted by atomic mass is 79.9. The van der Waals surface area contributed by atoms with Gasteiger partial charge < -0.3 is 15.4 Å². The normalized spacial score (nSPS) is 10.9. The first-order valence-corrected chi connectivity index (χ1v) is 12.3. The molecule has 0 saturated carbocycles. The molecule has 3 rings (SSSR count). The minimum absolute atomic E-state index is 0.0972. The number of nitrogens with one attached hydrogen (secondary N) is 3. The van der Waals surface area contributed by atoms with Gasteiger partial charge in [-0.1, -0.05) is 73.1 Å². The van der Waals surface area contributed by atoms with Gasteiger partial charge in [-0.05, 0) is 54.2 Å². The fourth-order valence-electron chi connectivity index (χ4n) is 3.06. The molecular weight excluding hydrogens is 526 g/mol. The molecule has 8 heteroatoms. The maximum atomic E-state index is 13.0. The van der Waals surface area contributed by atoms with Gasteiger partial charge in [0.25, 0.3) is 5.91 Å². The van der Waals surface area contributed by atoms with E-state index in [4.69, 9.17) is 17.0 Å². The minimum Gasteiger partial charge on any atom is -0.492 e. The van der Waals surface area contributed by atoms with Crippen LogP contribution in [0.5, 0.6) is 5.75 Å². The van der Waals surface area contributed by atoms with Gasteiger partial charge in [0.1, 0.15) is 5.75 Å². The Hall–Kier alpha value is -3.23. The number of anilines is 2. The van der Waals surface area contributed by atoms with Crippen LogP contribution in [0.15, 0.2) is 77.3 Å². The zero-order valence-electron chi connectivity index (χ0n) is 19.9. The van der Waals surface area contributed by atoms with Crippen LogP contribution in [0.2, 0.25) is 0 Å². The molecule has 0 aliphatic heterocycles. The van der Waals surface area contributed by atoms with Crippen LogP contribution >= 0.6 is 28.1 Å². The van der Waals surface area contributed by atoms with E-state index in [0.717, 1.165) is 16.5 Å². The van der Waals surface area contributed by atoms with Gasteiger partial charge in [0, 0.05) is 27.7 Å². The van der Waals surface area contributed by atoms with Gasteiger partial charge in [-0.2, -0.15) is 0 Å². The lowest BCUT2D eigenvalue weighted by Gasteiger charge is -2.18. The van der Waals surface area contributed by atoms with Crippen LogP contribution in [0.3, 0.4) is 0 Å². The molecule has 0 aliphatic rings. The third-order valence-electron chi connectivity index (χ3n) is 4.96. The minimum atomic E-state index is -0.516. The van der Waals surface area contributed by atoms with Crippen molar-refractivity contribution in [2.45, 2.75) is 27.2 Å². The van der Waals surface area contributed by atoms with Gasteiger partial charge >= 0.3 is 0 Å². The maximum Gasteiger partial charge on any atom is 0.261 e. The van der Waals surface area contributed by atoms with Crippen molar-refractivity contribution in [1.82, 2.24) is 5.32 Å². The summed E-state index contributed by atoms with van der Waals surface area (Å²) in [5, 5.41) is 8.69. The van der Waals surface area contributed by atoms with E-state index in [2.05, 4.69) is 31.9 Å². The number of amides is 2. The third-order valence-corrected chi connectivity index (χ3v) is 5.66. The number of halogens is 1. The quantitative estimate of drug-likeness (QED) is 0.304. The summed E-state index contributed by atoms with van der Waals surface area (Å²) in [5.41, 5.74) is 2.27. The summed E-state index contributed by atoms with van der Waals surface area (Å²) in [6.07, 6.45) is 0.722. The Morgan fingerprint density at radius 1 is 0.914 bits per heavy atom. The number of ether oxygens (including phenoxy) is 1. The van der Waals surface area contributed by atoms with Crippen molar-refractivity contribution < 1.29 is 14.3 Å². The fourth-order valence-corrected chi connectivity index (χ4v) is 3.63. The lowest BCUT2D eigenvalue weighted by atomic mass is 9.95. The first-order chi connectivity index (χ1) is 16.6. The van der Waals surface area contributed by atoms with Gasteiger partial charge in [-0.25, -0.2) is 0 Å². The predicted molar refractivity (Wildman–Crippen MR) is 148 cm³/mol. The average Bonchev–Trinajstić information content (AvgIpc) is 2.80. The van der Waals surface area contributed by atoms with Gasteiger partial charge in [-0.15, -0.1) is 0 Å². The van der Waals surface area contributed by atoms with E-state index >= 15 is 0 Å². The molecule has 0 spiro atoms. The van der Waals surface area contributed by atoms with Crippen molar-refractivity contribution in [3.05, 3.63) is 88.4 Å². The Kier molecular flexibility index (Phi) is 9.01. The van der Waals surface area contributed by atoms with Crippen molar-refractivity contribution >= 4 is 56.4 Å². The third kappa shape index (κ3) is 8.19. The van der Waals surface area contributed by atoms with Crippen LogP contribution in [-0.2, 0) is 11.2 Å².